The van der Waals surface area contributed by atoms with Crippen molar-refractivity contribution in [1.82, 2.24) is 10.2 Å². The van der Waals surface area contributed by atoms with Crippen LogP contribution in [0.25, 0.3) is 0 Å². The molecule has 1 aliphatic heterocycles. The van der Waals surface area contributed by atoms with Crippen molar-refractivity contribution in [2.75, 3.05) is 5.75 Å². The molecule has 33 heavy (non-hydrogen) atoms. The first-order valence-electron chi connectivity index (χ1n) is 11.5. The minimum atomic E-state index is -0.0817. The normalized spacial score (nSPS) is 15.6. The molecule has 0 radical (unpaired) electrons. The SMILES string of the molecule is CCc1ccc(CC)c(CNC(=O)c2ccc([C@@H]3SCC(=O)N3Cc3ccccc3)cc2)c1. The zero-order chi connectivity index (χ0) is 23.2. The number of hydrogen-bond acceptors (Lipinski definition) is 3. The molecule has 0 saturated carbocycles. The number of carbonyl (C=O) groups is 2. The Morgan fingerprint density at radius 3 is 2.39 bits per heavy atom. The average Bonchev–Trinajstić information content (AvgIpc) is 3.22. The molecule has 1 heterocycles. The molecule has 0 spiro atoms. The first-order valence-corrected chi connectivity index (χ1v) is 12.6. The maximum absolute atomic E-state index is 12.8. The van der Waals surface area contributed by atoms with E-state index in [0.717, 1.165) is 24.0 Å². The van der Waals surface area contributed by atoms with Gasteiger partial charge < -0.3 is 10.2 Å². The van der Waals surface area contributed by atoms with E-state index in [4.69, 9.17) is 0 Å². The lowest BCUT2D eigenvalue weighted by Gasteiger charge is -2.24. The highest BCUT2D eigenvalue weighted by Gasteiger charge is 2.32. The first-order chi connectivity index (χ1) is 16.1. The Morgan fingerprint density at radius 2 is 1.70 bits per heavy atom. The summed E-state index contributed by atoms with van der Waals surface area (Å²) in [4.78, 5) is 27.2. The van der Waals surface area contributed by atoms with Crippen LogP contribution in [0.15, 0.2) is 72.8 Å². The summed E-state index contributed by atoms with van der Waals surface area (Å²) in [7, 11) is 0. The fourth-order valence-electron chi connectivity index (χ4n) is 4.17. The van der Waals surface area contributed by atoms with Crippen LogP contribution >= 0.6 is 11.8 Å². The molecule has 1 N–H and O–H groups in total. The van der Waals surface area contributed by atoms with Gasteiger partial charge in [-0.3, -0.25) is 9.59 Å². The fraction of sp³-hybridized carbons (Fsp3) is 0.286. The number of nitrogens with zero attached hydrogens (tertiary/aromatic N) is 1. The molecule has 4 nitrogen and oxygen atoms in total. The average molecular weight is 459 g/mol. The van der Waals surface area contributed by atoms with Gasteiger partial charge in [0, 0.05) is 18.7 Å². The third-order valence-electron chi connectivity index (χ3n) is 6.12. The van der Waals surface area contributed by atoms with E-state index >= 15 is 0 Å². The molecule has 1 saturated heterocycles. The number of amides is 2. The van der Waals surface area contributed by atoms with Crippen molar-refractivity contribution in [2.24, 2.45) is 0 Å². The second kappa shape index (κ2) is 10.7. The van der Waals surface area contributed by atoms with E-state index in [2.05, 4.69) is 37.4 Å². The van der Waals surface area contributed by atoms with Gasteiger partial charge in [0.2, 0.25) is 5.91 Å². The Morgan fingerprint density at radius 1 is 0.939 bits per heavy atom. The molecule has 0 bridgehead atoms. The third kappa shape index (κ3) is 5.48. The van der Waals surface area contributed by atoms with Crippen LogP contribution in [0.1, 0.15) is 57.4 Å². The molecule has 170 valence electrons. The Balaban J connectivity index is 1.42. The van der Waals surface area contributed by atoms with Crippen LogP contribution in [0.2, 0.25) is 0 Å². The molecule has 0 unspecified atom stereocenters. The molecular formula is C28H30N2O2S. The van der Waals surface area contributed by atoms with Gasteiger partial charge in [-0.15, -0.1) is 11.8 Å². The number of thioether (sulfide) groups is 1. The van der Waals surface area contributed by atoms with E-state index in [9.17, 15) is 9.59 Å². The molecule has 3 aromatic carbocycles. The number of hydrogen-bond donors (Lipinski definition) is 1. The van der Waals surface area contributed by atoms with Crippen LogP contribution in [0.3, 0.4) is 0 Å². The zero-order valence-corrected chi connectivity index (χ0v) is 20.0. The van der Waals surface area contributed by atoms with Gasteiger partial charge in [-0.05, 0) is 52.8 Å². The van der Waals surface area contributed by atoms with E-state index in [-0.39, 0.29) is 17.2 Å². The maximum Gasteiger partial charge on any atom is 0.251 e. The number of benzene rings is 3. The van der Waals surface area contributed by atoms with E-state index in [1.165, 1.54) is 16.7 Å². The Hall–Kier alpha value is -3.05. The van der Waals surface area contributed by atoms with Crippen molar-refractivity contribution in [2.45, 2.75) is 45.2 Å². The van der Waals surface area contributed by atoms with E-state index < -0.39 is 0 Å². The second-order valence-electron chi connectivity index (χ2n) is 8.29. The molecule has 4 rings (SSSR count). The van der Waals surface area contributed by atoms with Crippen molar-refractivity contribution in [3.8, 4) is 0 Å². The summed E-state index contributed by atoms with van der Waals surface area (Å²) in [5.74, 6) is 0.551. The first kappa shape index (κ1) is 23.1. The van der Waals surface area contributed by atoms with Crippen molar-refractivity contribution in [3.05, 3.63) is 106 Å². The molecule has 2 amide bonds. The van der Waals surface area contributed by atoms with Gasteiger partial charge in [0.05, 0.1) is 5.75 Å². The molecule has 3 aromatic rings. The van der Waals surface area contributed by atoms with Gasteiger partial charge >= 0.3 is 0 Å². The van der Waals surface area contributed by atoms with E-state index in [1.54, 1.807) is 11.8 Å². The van der Waals surface area contributed by atoms with E-state index in [0.29, 0.717) is 24.4 Å². The predicted octanol–water partition coefficient (Wildman–Crippen LogP) is 5.52. The lowest BCUT2D eigenvalue weighted by Crippen LogP contribution is -2.27. The van der Waals surface area contributed by atoms with Crippen LogP contribution in [0.5, 0.6) is 0 Å². The van der Waals surface area contributed by atoms with Gasteiger partial charge in [0.25, 0.3) is 5.91 Å². The largest absolute Gasteiger partial charge is 0.348 e. The number of nitrogens with one attached hydrogen (secondary N) is 1. The quantitative estimate of drug-likeness (QED) is 0.484. The lowest BCUT2D eigenvalue weighted by molar-refractivity contribution is -0.128. The number of rotatable bonds is 8. The molecule has 1 fully saturated rings. The molecule has 5 heteroatoms. The minimum Gasteiger partial charge on any atom is -0.348 e. The summed E-state index contributed by atoms with van der Waals surface area (Å²) >= 11 is 1.64. The summed E-state index contributed by atoms with van der Waals surface area (Å²) in [6.07, 6.45) is 1.93. The van der Waals surface area contributed by atoms with Gasteiger partial charge in [-0.1, -0.05) is 74.5 Å². The highest BCUT2D eigenvalue weighted by molar-refractivity contribution is 8.00. The third-order valence-corrected chi connectivity index (χ3v) is 7.38. The van der Waals surface area contributed by atoms with E-state index in [1.807, 2.05) is 59.5 Å². The van der Waals surface area contributed by atoms with Gasteiger partial charge in [-0.2, -0.15) is 0 Å². The van der Waals surface area contributed by atoms with Crippen LogP contribution in [-0.4, -0.2) is 22.5 Å². The highest BCUT2D eigenvalue weighted by atomic mass is 32.2. The Bertz CT molecular complexity index is 1110. The minimum absolute atomic E-state index is 0.0290. The fourth-order valence-corrected chi connectivity index (χ4v) is 5.35. The maximum atomic E-state index is 12.8. The zero-order valence-electron chi connectivity index (χ0n) is 19.2. The number of aryl methyl sites for hydroxylation is 2. The topological polar surface area (TPSA) is 49.4 Å². The Kier molecular flexibility index (Phi) is 7.50. The van der Waals surface area contributed by atoms with Crippen molar-refractivity contribution >= 4 is 23.6 Å². The van der Waals surface area contributed by atoms with Crippen molar-refractivity contribution in [3.63, 3.8) is 0 Å². The van der Waals surface area contributed by atoms with Crippen LogP contribution in [0, 0.1) is 0 Å². The molecule has 0 aromatic heterocycles. The summed E-state index contributed by atoms with van der Waals surface area (Å²) in [6, 6.07) is 24.2. The summed E-state index contributed by atoms with van der Waals surface area (Å²) in [5.41, 5.74) is 6.52. The van der Waals surface area contributed by atoms with Crippen LogP contribution in [0.4, 0.5) is 0 Å². The Labute approximate surface area is 200 Å². The van der Waals surface area contributed by atoms with Gasteiger partial charge in [0.1, 0.15) is 5.37 Å². The smallest absolute Gasteiger partial charge is 0.251 e. The van der Waals surface area contributed by atoms with Crippen molar-refractivity contribution < 1.29 is 9.59 Å². The van der Waals surface area contributed by atoms with Crippen molar-refractivity contribution in [1.29, 1.82) is 0 Å². The van der Waals surface area contributed by atoms with Gasteiger partial charge in [0.15, 0.2) is 0 Å². The predicted molar refractivity (Wildman–Crippen MR) is 135 cm³/mol. The summed E-state index contributed by atoms with van der Waals surface area (Å²) in [6.45, 7) is 5.39. The summed E-state index contributed by atoms with van der Waals surface area (Å²) < 4.78 is 0. The standard InChI is InChI=1S/C28H30N2O2S/c1-3-20-10-11-22(4-2)25(16-20)17-29-27(32)23-12-14-24(15-13-23)28-30(26(31)19-33-28)18-21-8-6-5-7-9-21/h5-16,28H,3-4,17-19H2,1-2H3,(H,29,32)/t28-/m0/s1. The van der Waals surface area contributed by atoms with Crippen LogP contribution < -0.4 is 5.32 Å². The lowest BCUT2D eigenvalue weighted by atomic mass is 10.0. The molecule has 0 aliphatic carbocycles. The summed E-state index contributed by atoms with van der Waals surface area (Å²) in [5, 5.41) is 3.04. The van der Waals surface area contributed by atoms with Gasteiger partial charge in [-0.25, -0.2) is 0 Å². The molecule has 1 atom stereocenters. The molecular weight excluding hydrogens is 428 g/mol. The second-order valence-corrected chi connectivity index (χ2v) is 9.35. The molecule has 1 aliphatic rings. The number of carbonyl (C=O) groups excluding carboxylic acids is 2. The highest BCUT2D eigenvalue weighted by Crippen LogP contribution is 2.39. The van der Waals surface area contributed by atoms with Crippen LogP contribution in [-0.2, 0) is 30.7 Å². The monoisotopic (exact) mass is 458 g/mol.